The number of pyridine rings is 1. The molecule has 0 spiro atoms. The van der Waals surface area contributed by atoms with Crippen LogP contribution in [-0.4, -0.2) is 18.1 Å². The van der Waals surface area contributed by atoms with Gasteiger partial charge in [-0.3, -0.25) is 4.98 Å². The number of benzene rings is 1. The van der Waals surface area contributed by atoms with Crippen LogP contribution >= 0.6 is 11.6 Å². The number of halogens is 1. The Hall–Kier alpha value is -1.38. The van der Waals surface area contributed by atoms with Gasteiger partial charge in [0.25, 0.3) is 0 Å². The molecule has 0 aliphatic heterocycles. The molecule has 1 aromatic heterocycles. The first kappa shape index (κ1) is 16.0. The zero-order valence-electron chi connectivity index (χ0n) is 12.8. The van der Waals surface area contributed by atoms with Crippen molar-refractivity contribution >= 4 is 11.6 Å². The standard InChI is InChI=1S/C18H23ClN2/c1-3-18(14-20-4-2,16-8-6-5-7-9-16)12-15-10-11-21-13-17(15)19/h5-11,13,20H,3-4,12,14H2,1-2H3. The SMILES string of the molecule is CCNCC(CC)(Cc1ccncc1Cl)c1ccccc1. The fourth-order valence-corrected chi connectivity index (χ4v) is 2.97. The molecule has 21 heavy (non-hydrogen) atoms. The summed E-state index contributed by atoms with van der Waals surface area (Å²) in [5.41, 5.74) is 2.58. The summed E-state index contributed by atoms with van der Waals surface area (Å²) in [4.78, 5) is 4.09. The van der Waals surface area contributed by atoms with Gasteiger partial charge in [-0.2, -0.15) is 0 Å². The molecule has 0 aliphatic rings. The second-order valence-electron chi connectivity index (χ2n) is 5.42. The Bertz CT molecular complexity index is 556. The van der Waals surface area contributed by atoms with E-state index in [2.05, 4.69) is 54.5 Å². The van der Waals surface area contributed by atoms with Crippen LogP contribution < -0.4 is 5.32 Å². The third-order valence-corrected chi connectivity index (χ3v) is 4.50. The molecular formula is C18H23ClN2. The van der Waals surface area contributed by atoms with Crippen LogP contribution in [0.15, 0.2) is 48.8 Å². The first-order valence-corrected chi connectivity index (χ1v) is 7.94. The summed E-state index contributed by atoms with van der Waals surface area (Å²) in [5.74, 6) is 0. The van der Waals surface area contributed by atoms with Crippen LogP contribution in [0.3, 0.4) is 0 Å². The topological polar surface area (TPSA) is 24.9 Å². The minimum atomic E-state index is 0.0578. The van der Waals surface area contributed by atoms with Crippen molar-refractivity contribution in [2.24, 2.45) is 0 Å². The van der Waals surface area contributed by atoms with Gasteiger partial charge in [-0.05, 0) is 36.6 Å². The summed E-state index contributed by atoms with van der Waals surface area (Å²) in [6, 6.07) is 12.8. The molecule has 2 aromatic rings. The molecule has 2 rings (SSSR count). The first-order valence-electron chi connectivity index (χ1n) is 7.56. The van der Waals surface area contributed by atoms with E-state index < -0.39 is 0 Å². The number of rotatable bonds is 7. The summed E-state index contributed by atoms with van der Waals surface area (Å²) in [6.07, 6.45) is 5.53. The predicted molar refractivity (Wildman–Crippen MR) is 89.9 cm³/mol. The molecule has 1 N–H and O–H groups in total. The van der Waals surface area contributed by atoms with Gasteiger partial charge in [0.2, 0.25) is 0 Å². The highest BCUT2D eigenvalue weighted by atomic mass is 35.5. The van der Waals surface area contributed by atoms with Crippen LogP contribution in [0, 0.1) is 0 Å². The summed E-state index contributed by atoms with van der Waals surface area (Å²) in [6.45, 7) is 6.31. The number of likely N-dealkylation sites (N-methyl/N-ethyl adjacent to an activating group) is 1. The van der Waals surface area contributed by atoms with E-state index in [0.717, 1.165) is 36.5 Å². The van der Waals surface area contributed by atoms with Crippen molar-refractivity contribution in [3.05, 3.63) is 64.9 Å². The Balaban J connectivity index is 2.38. The van der Waals surface area contributed by atoms with Crippen LogP contribution in [0.1, 0.15) is 31.4 Å². The Morgan fingerprint density at radius 1 is 1.14 bits per heavy atom. The monoisotopic (exact) mass is 302 g/mol. The van der Waals surface area contributed by atoms with Crippen LogP contribution in [0.25, 0.3) is 0 Å². The second-order valence-corrected chi connectivity index (χ2v) is 5.83. The molecule has 1 atom stereocenters. The summed E-state index contributed by atoms with van der Waals surface area (Å²) < 4.78 is 0. The van der Waals surface area contributed by atoms with Crippen molar-refractivity contribution in [3.8, 4) is 0 Å². The van der Waals surface area contributed by atoms with E-state index in [1.54, 1.807) is 6.20 Å². The van der Waals surface area contributed by atoms with E-state index in [1.807, 2.05) is 12.3 Å². The molecule has 1 unspecified atom stereocenters. The molecule has 2 nitrogen and oxygen atoms in total. The average molecular weight is 303 g/mol. The number of aromatic nitrogens is 1. The van der Waals surface area contributed by atoms with Gasteiger partial charge >= 0.3 is 0 Å². The minimum Gasteiger partial charge on any atom is -0.316 e. The largest absolute Gasteiger partial charge is 0.316 e. The quantitative estimate of drug-likeness (QED) is 0.827. The summed E-state index contributed by atoms with van der Waals surface area (Å²) in [7, 11) is 0. The van der Waals surface area contributed by atoms with Crippen molar-refractivity contribution in [1.82, 2.24) is 10.3 Å². The van der Waals surface area contributed by atoms with Gasteiger partial charge in [-0.25, -0.2) is 0 Å². The lowest BCUT2D eigenvalue weighted by molar-refractivity contribution is 0.382. The van der Waals surface area contributed by atoms with Crippen LogP contribution in [0.2, 0.25) is 5.02 Å². The summed E-state index contributed by atoms with van der Waals surface area (Å²) >= 11 is 6.33. The number of hydrogen-bond donors (Lipinski definition) is 1. The van der Waals surface area contributed by atoms with Crippen molar-refractivity contribution in [2.75, 3.05) is 13.1 Å². The fraction of sp³-hybridized carbons (Fsp3) is 0.389. The minimum absolute atomic E-state index is 0.0578. The molecule has 0 saturated carbocycles. The summed E-state index contributed by atoms with van der Waals surface area (Å²) in [5, 5.41) is 4.27. The smallest absolute Gasteiger partial charge is 0.0621 e. The van der Waals surface area contributed by atoms with Gasteiger partial charge in [-0.15, -0.1) is 0 Å². The maximum atomic E-state index is 6.33. The van der Waals surface area contributed by atoms with Gasteiger partial charge in [0.15, 0.2) is 0 Å². The number of nitrogens with zero attached hydrogens (tertiary/aromatic N) is 1. The zero-order chi connectivity index (χ0) is 15.1. The molecule has 0 fully saturated rings. The van der Waals surface area contributed by atoms with E-state index in [1.165, 1.54) is 5.56 Å². The second kappa shape index (κ2) is 7.58. The lowest BCUT2D eigenvalue weighted by Gasteiger charge is -2.34. The molecule has 0 bridgehead atoms. The van der Waals surface area contributed by atoms with E-state index >= 15 is 0 Å². The average Bonchev–Trinajstić information content (AvgIpc) is 2.54. The molecule has 1 aromatic carbocycles. The molecule has 0 radical (unpaired) electrons. The van der Waals surface area contributed by atoms with Crippen molar-refractivity contribution < 1.29 is 0 Å². The fourth-order valence-electron chi connectivity index (χ4n) is 2.79. The third-order valence-electron chi connectivity index (χ3n) is 4.16. The Kier molecular flexibility index (Phi) is 5.77. The van der Waals surface area contributed by atoms with Crippen molar-refractivity contribution in [3.63, 3.8) is 0 Å². The zero-order valence-corrected chi connectivity index (χ0v) is 13.5. The highest BCUT2D eigenvalue weighted by Crippen LogP contribution is 2.33. The van der Waals surface area contributed by atoms with Gasteiger partial charge < -0.3 is 5.32 Å². The van der Waals surface area contributed by atoms with E-state index in [4.69, 9.17) is 11.6 Å². The molecule has 112 valence electrons. The van der Waals surface area contributed by atoms with Crippen LogP contribution in [-0.2, 0) is 11.8 Å². The molecule has 0 aliphatic carbocycles. The van der Waals surface area contributed by atoms with Gasteiger partial charge in [0.05, 0.1) is 5.02 Å². The van der Waals surface area contributed by atoms with Gasteiger partial charge in [0, 0.05) is 24.4 Å². The number of nitrogens with one attached hydrogen (secondary N) is 1. The normalized spacial score (nSPS) is 13.9. The first-order chi connectivity index (χ1) is 10.2. The lowest BCUT2D eigenvalue weighted by atomic mass is 9.73. The van der Waals surface area contributed by atoms with Crippen LogP contribution in [0.4, 0.5) is 0 Å². The van der Waals surface area contributed by atoms with Gasteiger partial charge in [0.1, 0.15) is 0 Å². The highest BCUT2D eigenvalue weighted by molar-refractivity contribution is 6.31. The lowest BCUT2D eigenvalue weighted by Crippen LogP contribution is -2.39. The van der Waals surface area contributed by atoms with Crippen molar-refractivity contribution in [1.29, 1.82) is 0 Å². The third kappa shape index (κ3) is 3.84. The molecule has 0 amide bonds. The highest BCUT2D eigenvalue weighted by Gasteiger charge is 2.30. The molecule has 3 heteroatoms. The van der Waals surface area contributed by atoms with E-state index in [-0.39, 0.29) is 5.41 Å². The van der Waals surface area contributed by atoms with Crippen LogP contribution in [0.5, 0.6) is 0 Å². The van der Waals surface area contributed by atoms with E-state index in [0.29, 0.717) is 0 Å². The Labute approximate surface area is 132 Å². The predicted octanol–water partition coefficient (Wildman–Crippen LogP) is 4.24. The molecule has 1 heterocycles. The Morgan fingerprint density at radius 3 is 2.52 bits per heavy atom. The molecular weight excluding hydrogens is 280 g/mol. The van der Waals surface area contributed by atoms with E-state index in [9.17, 15) is 0 Å². The maximum absolute atomic E-state index is 6.33. The van der Waals surface area contributed by atoms with Crippen molar-refractivity contribution in [2.45, 2.75) is 32.1 Å². The Morgan fingerprint density at radius 2 is 1.90 bits per heavy atom. The molecule has 0 saturated heterocycles. The number of hydrogen-bond acceptors (Lipinski definition) is 2. The van der Waals surface area contributed by atoms with Gasteiger partial charge in [-0.1, -0.05) is 55.8 Å². The maximum Gasteiger partial charge on any atom is 0.0621 e.